The van der Waals surface area contributed by atoms with Gasteiger partial charge >= 0.3 is 5.97 Å². The molecule has 0 bridgehead atoms. The molecule has 1 aromatic rings. The summed E-state index contributed by atoms with van der Waals surface area (Å²) in [5.74, 6) is -1.71. The maximum absolute atomic E-state index is 11.5. The molecule has 0 aromatic carbocycles. The van der Waals surface area contributed by atoms with Crippen molar-refractivity contribution in [3.05, 3.63) is 23.7 Å². The van der Waals surface area contributed by atoms with Crippen LogP contribution in [0.2, 0.25) is 0 Å². The molecule has 1 heterocycles. The van der Waals surface area contributed by atoms with Crippen LogP contribution in [0.3, 0.4) is 0 Å². The number of furan rings is 1. The molecule has 1 rings (SSSR count). The maximum Gasteiger partial charge on any atom is 0.371 e. The van der Waals surface area contributed by atoms with Gasteiger partial charge in [-0.05, 0) is 26.0 Å². The van der Waals surface area contributed by atoms with E-state index in [1.54, 1.807) is 0 Å². The fourth-order valence-corrected chi connectivity index (χ4v) is 1.68. The van der Waals surface area contributed by atoms with Gasteiger partial charge in [0.25, 0.3) is 0 Å². The Morgan fingerprint density at radius 1 is 1.41 bits per heavy atom. The minimum Gasteiger partial charge on any atom is -0.475 e. The maximum atomic E-state index is 11.5. The zero-order valence-corrected chi connectivity index (χ0v) is 10.5. The van der Waals surface area contributed by atoms with E-state index in [0.717, 1.165) is 6.26 Å². The summed E-state index contributed by atoms with van der Waals surface area (Å²) < 4.78 is 26.4. The van der Waals surface area contributed by atoms with Crippen LogP contribution in [0, 0.1) is 0 Å². The molecule has 6 nitrogen and oxygen atoms in total. The first-order valence-corrected chi connectivity index (χ1v) is 6.67. The number of carboxylic acid groups (broad SMARTS) is 1. The Bertz CT molecular complexity index is 525. The zero-order chi connectivity index (χ0) is 13.4. The first kappa shape index (κ1) is 13.7. The summed E-state index contributed by atoms with van der Waals surface area (Å²) >= 11 is 0. The van der Waals surface area contributed by atoms with E-state index in [2.05, 4.69) is 0 Å². The lowest BCUT2D eigenvalue weighted by Gasteiger charge is -2.26. The van der Waals surface area contributed by atoms with Gasteiger partial charge < -0.3 is 14.6 Å². The van der Waals surface area contributed by atoms with Gasteiger partial charge in [-0.1, -0.05) is 0 Å². The Hall–Kier alpha value is -1.34. The van der Waals surface area contributed by atoms with Crippen LogP contribution in [-0.4, -0.2) is 35.6 Å². The van der Waals surface area contributed by atoms with E-state index < -0.39 is 26.7 Å². The van der Waals surface area contributed by atoms with Crippen molar-refractivity contribution in [3.8, 4) is 0 Å². The largest absolute Gasteiger partial charge is 0.475 e. The van der Waals surface area contributed by atoms with Crippen LogP contribution in [0.4, 0.5) is 0 Å². The Labute approximate surface area is 98.8 Å². The van der Waals surface area contributed by atoms with Crippen LogP contribution in [-0.2, 0) is 9.84 Å². The van der Waals surface area contributed by atoms with E-state index in [-0.39, 0.29) is 11.5 Å². The van der Waals surface area contributed by atoms with Crippen LogP contribution in [0.15, 0.2) is 16.5 Å². The Balaban J connectivity index is 3.12. The Kier molecular flexibility index (Phi) is 3.35. The smallest absolute Gasteiger partial charge is 0.371 e. The molecule has 0 saturated heterocycles. The van der Waals surface area contributed by atoms with Gasteiger partial charge in [0.1, 0.15) is 11.9 Å². The van der Waals surface area contributed by atoms with Crippen LogP contribution in [0.5, 0.6) is 0 Å². The highest BCUT2D eigenvalue weighted by Crippen LogP contribution is 2.32. The van der Waals surface area contributed by atoms with Crippen LogP contribution in [0.25, 0.3) is 0 Å². The molecule has 0 aliphatic heterocycles. The average molecular weight is 262 g/mol. The van der Waals surface area contributed by atoms with Gasteiger partial charge in [-0.25, -0.2) is 13.2 Å². The molecule has 0 fully saturated rings. The number of carbonyl (C=O) groups is 1. The number of hydrogen-bond acceptors (Lipinski definition) is 5. The molecule has 0 spiro atoms. The second-order valence-corrected chi connectivity index (χ2v) is 6.88. The number of aliphatic hydroxyl groups is 1. The van der Waals surface area contributed by atoms with Gasteiger partial charge in [-0.2, -0.15) is 0 Å². The molecule has 0 radical (unpaired) electrons. The monoisotopic (exact) mass is 262 g/mol. The summed E-state index contributed by atoms with van der Waals surface area (Å²) in [7, 11) is -3.52. The van der Waals surface area contributed by atoms with Gasteiger partial charge in [0.2, 0.25) is 5.76 Å². The van der Waals surface area contributed by atoms with Crippen molar-refractivity contribution in [3.63, 3.8) is 0 Å². The SMILES string of the molecule is CC(C)(C(O)c1ccc(C(=O)O)o1)S(C)(=O)=O. The number of rotatable bonds is 4. The number of aromatic carboxylic acids is 1. The van der Waals surface area contributed by atoms with Crippen LogP contribution >= 0.6 is 0 Å². The average Bonchev–Trinajstić information content (AvgIpc) is 2.63. The summed E-state index contributed by atoms with van der Waals surface area (Å²) in [5, 5.41) is 18.6. The molecule has 17 heavy (non-hydrogen) atoms. The predicted octanol–water partition coefficient (Wildman–Crippen LogP) is 0.834. The zero-order valence-electron chi connectivity index (χ0n) is 9.67. The highest BCUT2D eigenvalue weighted by Gasteiger charge is 2.40. The van der Waals surface area contributed by atoms with Gasteiger partial charge in [0.05, 0.1) is 4.75 Å². The van der Waals surface area contributed by atoms with Crippen molar-refractivity contribution in [1.29, 1.82) is 0 Å². The third-order valence-corrected chi connectivity index (χ3v) is 4.86. The second kappa shape index (κ2) is 4.15. The molecule has 0 aliphatic rings. The van der Waals surface area contributed by atoms with E-state index in [0.29, 0.717) is 0 Å². The predicted molar refractivity (Wildman–Crippen MR) is 59.5 cm³/mol. The highest BCUT2D eigenvalue weighted by molar-refractivity contribution is 7.92. The second-order valence-electron chi connectivity index (χ2n) is 4.29. The molecule has 0 amide bonds. The lowest BCUT2D eigenvalue weighted by atomic mass is 10.0. The third-order valence-electron chi connectivity index (χ3n) is 2.72. The van der Waals surface area contributed by atoms with Crippen molar-refractivity contribution in [2.45, 2.75) is 24.7 Å². The normalized spacial score (nSPS) is 14.6. The first-order chi connectivity index (χ1) is 7.57. The topological polar surface area (TPSA) is 105 Å². The molecule has 7 heteroatoms. The molecule has 96 valence electrons. The van der Waals surface area contributed by atoms with Crippen molar-refractivity contribution < 1.29 is 27.8 Å². The molecule has 1 aromatic heterocycles. The molecule has 0 aliphatic carbocycles. The number of sulfone groups is 1. The summed E-state index contributed by atoms with van der Waals surface area (Å²) in [5.41, 5.74) is 0. The van der Waals surface area contributed by atoms with E-state index in [1.807, 2.05) is 0 Å². The lowest BCUT2D eigenvalue weighted by molar-refractivity contribution is 0.0644. The van der Waals surface area contributed by atoms with E-state index in [9.17, 15) is 18.3 Å². The van der Waals surface area contributed by atoms with Crippen molar-refractivity contribution >= 4 is 15.8 Å². The van der Waals surface area contributed by atoms with Gasteiger partial charge in [0, 0.05) is 6.26 Å². The quantitative estimate of drug-likeness (QED) is 0.832. The molecule has 1 atom stereocenters. The molecule has 1 unspecified atom stereocenters. The summed E-state index contributed by atoms with van der Waals surface area (Å²) in [6, 6.07) is 2.42. The van der Waals surface area contributed by atoms with Gasteiger partial charge in [-0.15, -0.1) is 0 Å². The van der Waals surface area contributed by atoms with Gasteiger partial charge in [-0.3, -0.25) is 0 Å². The summed E-state index contributed by atoms with van der Waals surface area (Å²) in [6.45, 7) is 2.69. The van der Waals surface area contributed by atoms with Gasteiger partial charge in [0.15, 0.2) is 9.84 Å². The van der Waals surface area contributed by atoms with Crippen LogP contribution < -0.4 is 0 Å². The van der Waals surface area contributed by atoms with Crippen LogP contribution in [0.1, 0.15) is 36.3 Å². The van der Waals surface area contributed by atoms with E-state index >= 15 is 0 Å². The fourth-order valence-electron chi connectivity index (χ4n) is 1.16. The van der Waals surface area contributed by atoms with Crippen molar-refractivity contribution in [1.82, 2.24) is 0 Å². The molecule has 2 N–H and O–H groups in total. The minimum absolute atomic E-state index is 0.0853. The molecule has 0 saturated carbocycles. The van der Waals surface area contributed by atoms with Crippen molar-refractivity contribution in [2.24, 2.45) is 0 Å². The number of aliphatic hydroxyl groups excluding tert-OH is 1. The first-order valence-electron chi connectivity index (χ1n) is 4.78. The summed E-state index contributed by atoms with van der Waals surface area (Å²) in [4.78, 5) is 10.6. The van der Waals surface area contributed by atoms with E-state index in [1.165, 1.54) is 26.0 Å². The minimum atomic E-state index is -3.52. The number of hydrogen-bond donors (Lipinski definition) is 2. The molecular weight excluding hydrogens is 248 g/mol. The highest BCUT2D eigenvalue weighted by atomic mass is 32.2. The third kappa shape index (κ3) is 2.50. The standard InChI is InChI=1S/C10H14O6S/c1-10(2,17(3,14)15)8(11)6-4-5-7(16-6)9(12)13/h4-5,8,11H,1-3H3,(H,12,13). The lowest BCUT2D eigenvalue weighted by Crippen LogP contribution is -2.37. The van der Waals surface area contributed by atoms with E-state index in [4.69, 9.17) is 9.52 Å². The Morgan fingerprint density at radius 3 is 2.29 bits per heavy atom. The van der Waals surface area contributed by atoms with Crippen molar-refractivity contribution in [2.75, 3.05) is 6.26 Å². The fraction of sp³-hybridized carbons (Fsp3) is 0.500. The number of carboxylic acids is 1. The summed E-state index contributed by atoms with van der Waals surface area (Å²) in [6.07, 6.45) is -0.428. The Morgan fingerprint density at radius 2 is 1.94 bits per heavy atom. The molecular formula is C10H14O6S.